The molecule has 5 nitrogen and oxygen atoms in total. The van der Waals surface area contributed by atoms with Gasteiger partial charge < -0.3 is 5.73 Å². The lowest BCUT2D eigenvalue weighted by atomic mass is 10.2. The van der Waals surface area contributed by atoms with Crippen LogP contribution >= 0.6 is 38.9 Å². The fourth-order valence-corrected chi connectivity index (χ4v) is 6.07. The Hall–Kier alpha value is -0.150. The smallest absolute Gasteiger partial charge is 0.253 e. The molecule has 2 rings (SSSR count). The standard InChI is InChI=1S/C9H10BrClN2O3S2/c10-8-5(11)4-7(17-8)18(15,16)13-3-1-2-6(13)9(12)14/h4,6H,1-3H2,(H2,12,14). The van der Waals surface area contributed by atoms with Gasteiger partial charge in [0.05, 0.1) is 8.81 Å². The molecule has 0 saturated carbocycles. The molecule has 1 fully saturated rings. The van der Waals surface area contributed by atoms with E-state index in [0.717, 1.165) is 15.6 Å². The van der Waals surface area contributed by atoms with E-state index < -0.39 is 22.0 Å². The van der Waals surface area contributed by atoms with E-state index in [1.165, 1.54) is 6.07 Å². The average Bonchev–Trinajstić information content (AvgIpc) is 2.87. The van der Waals surface area contributed by atoms with Crippen LogP contribution in [0.3, 0.4) is 0 Å². The van der Waals surface area contributed by atoms with Crippen LogP contribution in [0.4, 0.5) is 0 Å². The molecular weight excluding hydrogens is 364 g/mol. The number of rotatable bonds is 3. The van der Waals surface area contributed by atoms with Crippen LogP contribution in [0.1, 0.15) is 12.8 Å². The van der Waals surface area contributed by atoms with Crippen molar-refractivity contribution in [3.63, 3.8) is 0 Å². The van der Waals surface area contributed by atoms with Gasteiger partial charge in [0.2, 0.25) is 5.91 Å². The first-order valence-corrected chi connectivity index (χ1v) is 8.53. The Bertz CT molecular complexity index is 567. The molecule has 0 bridgehead atoms. The number of nitrogens with zero attached hydrogens (tertiary/aromatic N) is 1. The van der Waals surface area contributed by atoms with E-state index in [1.54, 1.807) is 0 Å². The van der Waals surface area contributed by atoms with Crippen molar-refractivity contribution in [2.24, 2.45) is 5.73 Å². The Kier molecular flexibility index (Phi) is 4.03. The fourth-order valence-electron chi connectivity index (χ4n) is 1.88. The Balaban J connectivity index is 2.39. The summed E-state index contributed by atoms with van der Waals surface area (Å²) in [6, 6.07) is 0.622. The first kappa shape index (κ1) is 14.3. The molecule has 2 heterocycles. The lowest BCUT2D eigenvalue weighted by molar-refractivity contribution is -0.121. The Morgan fingerprint density at radius 2 is 2.28 bits per heavy atom. The zero-order chi connectivity index (χ0) is 13.5. The maximum atomic E-state index is 12.4. The number of carbonyl (C=O) groups excluding carboxylic acids is 1. The lowest BCUT2D eigenvalue weighted by Crippen LogP contribution is -2.43. The Morgan fingerprint density at radius 1 is 1.61 bits per heavy atom. The van der Waals surface area contributed by atoms with Crippen LogP contribution in [0.15, 0.2) is 14.1 Å². The highest BCUT2D eigenvalue weighted by molar-refractivity contribution is 9.11. The molecule has 1 aromatic rings. The number of sulfonamides is 1. The molecule has 2 N–H and O–H groups in total. The summed E-state index contributed by atoms with van der Waals surface area (Å²) in [5.41, 5.74) is 5.22. The molecule has 1 aromatic heterocycles. The number of hydrogen-bond acceptors (Lipinski definition) is 4. The number of thiophene rings is 1. The summed E-state index contributed by atoms with van der Waals surface area (Å²) in [5, 5.41) is 0.341. The molecule has 100 valence electrons. The van der Waals surface area contributed by atoms with Crippen molar-refractivity contribution in [3.8, 4) is 0 Å². The predicted molar refractivity (Wildman–Crippen MR) is 73.1 cm³/mol. The van der Waals surface area contributed by atoms with Crippen LogP contribution in [-0.4, -0.2) is 31.2 Å². The van der Waals surface area contributed by atoms with Crippen LogP contribution in [0, 0.1) is 0 Å². The molecule has 1 unspecified atom stereocenters. The zero-order valence-corrected chi connectivity index (χ0v) is 13.1. The molecular formula is C9H10BrClN2O3S2. The highest BCUT2D eigenvalue weighted by atomic mass is 79.9. The quantitative estimate of drug-likeness (QED) is 0.877. The molecule has 1 aliphatic heterocycles. The molecule has 1 saturated heterocycles. The largest absolute Gasteiger partial charge is 0.368 e. The minimum atomic E-state index is -3.70. The predicted octanol–water partition coefficient (Wildman–Crippen LogP) is 1.80. The second kappa shape index (κ2) is 5.09. The van der Waals surface area contributed by atoms with Gasteiger partial charge in [-0.2, -0.15) is 4.31 Å². The van der Waals surface area contributed by atoms with Gasteiger partial charge in [-0.15, -0.1) is 11.3 Å². The van der Waals surface area contributed by atoms with Crippen molar-refractivity contribution in [2.45, 2.75) is 23.1 Å². The molecule has 0 spiro atoms. The normalized spacial score (nSPS) is 21.3. The summed E-state index contributed by atoms with van der Waals surface area (Å²) in [4.78, 5) is 11.2. The summed E-state index contributed by atoms with van der Waals surface area (Å²) in [6.07, 6.45) is 1.10. The van der Waals surface area contributed by atoms with E-state index in [-0.39, 0.29) is 4.21 Å². The van der Waals surface area contributed by atoms with Gasteiger partial charge >= 0.3 is 0 Å². The maximum Gasteiger partial charge on any atom is 0.253 e. The van der Waals surface area contributed by atoms with Crippen LogP contribution in [0.5, 0.6) is 0 Å². The molecule has 0 radical (unpaired) electrons. The fraction of sp³-hybridized carbons (Fsp3) is 0.444. The molecule has 9 heteroatoms. The first-order chi connectivity index (χ1) is 8.34. The van der Waals surface area contributed by atoms with Crippen molar-refractivity contribution in [3.05, 3.63) is 14.9 Å². The summed E-state index contributed by atoms with van der Waals surface area (Å²) in [7, 11) is -3.70. The van der Waals surface area contributed by atoms with Crippen molar-refractivity contribution < 1.29 is 13.2 Å². The Morgan fingerprint density at radius 3 is 2.78 bits per heavy atom. The molecule has 0 aliphatic carbocycles. The monoisotopic (exact) mass is 372 g/mol. The SMILES string of the molecule is NC(=O)C1CCCN1S(=O)(=O)c1cc(Cl)c(Br)s1. The van der Waals surface area contributed by atoms with E-state index in [9.17, 15) is 13.2 Å². The third-order valence-corrected chi connectivity index (χ3v) is 7.55. The van der Waals surface area contributed by atoms with E-state index in [2.05, 4.69) is 15.9 Å². The molecule has 1 amide bonds. The molecule has 0 aromatic carbocycles. The van der Waals surface area contributed by atoms with Crippen LogP contribution in [0.2, 0.25) is 5.02 Å². The van der Waals surface area contributed by atoms with Crippen LogP contribution in [-0.2, 0) is 14.8 Å². The average molecular weight is 374 g/mol. The second-order valence-electron chi connectivity index (χ2n) is 3.86. The number of primary amides is 1. The minimum Gasteiger partial charge on any atom is -0.368 e. The van der Waals surface area contributed by atoms with E-state index in [4.69, 9.17) is 17.3 Å². The summed E-state index contributed by atoms with van der Waals surface area (Å²) in [6.45, 7) is 0.309. The van der Waals surface area contributed by atoms with Gasteiger partial charge in [0.15, 0.2) is 0 Å². The van der Waals surface area contributed by atoms with E-state index >= 15 is 0 Å². The second-order valence-corrected chi connectivity index (χ2v) is 8.76. The summed E-state index contributed by atoms with van der Waals surface area (Å²) < 4.78 is 26.6. The van der Waals surface area contributed by atoms with Crippen LogP contribution in [0.25, 0.3) is 0 Å². The molecule has 1 aliphatic rings. The summed E-state index contributed by atoms with van der Waals surface area (Å²) >= 11 is 10.0. The number of hydrogen-bond donors (Lipinski definition) is 1. The minimum absolute atomic E-state index is 0.118. The van der Waals surface area contributed by atoms with Gasteiger partial charge in [0.25, 0.3) is 10.0 Å². The van der Waals surface area contributed by atoms with Gasteiger partial charge in [-0.1, -0.05) is 11.6 Å². The van der Waals surface area contributed by atoms with Crippen molar-refractivity contribution in [2.75, 3.05) is 6.54 Å². The zero-order valence-electron chi connectivity index (χ0n) is 9.10. The van der Waals surface area contributed by atoms with Gasteiger partial charge in [0, 0.05) is 6.54 Å². The van der Waals surface area contributed by atoms with Crippen molar-refractivity contribution in [1.82, 2.24) is 4.31 Å². The first-order valence-electron chi connectivity index (χ1n) is 5.10. The topological polar surface area (TPSA) is 80.5 Å². The van der Waals surface area contributed by atoms with Gasteiger partial charge in [-0.3, -0.25) is 4.79 Å². The lowest BCUT2D eigenvalue weighted by Gasteiger charge is -2.20. The molecule has 1 atom stereocenters. The van der Waals surface area contributed by atoms with E-state index in [1.807, 2.05) is 0 Å². The van der Waals surface area contributed by atoms with Crippen molar-refractivity contribution in [1.29, 1.82) is 0 Å². The van der Waals surface area contributed by atoms with E-state index in [0.29, 0.717) is 28.2 Å². The summed E-state index contributed by atoms with van der Waals surface area (Å²) in [5.74, 6) is -0.613. The van der Waals surface area contributed by atoms with Crippen molar-refractivity contribution >= 4 is 54.8 Å². The van der Waals surface area contributed by atoms with Gasteiger partial charge in [0.1, 0.15) is 10.3 Å². The van der Waals surface area contributed by atoms with Gasteiger partial charge in [-0.05, 0) is 34.8 Å². The molecule has 18 heavy (non-hydrogen) atoms. The number of halogens is 2. The number of carbonyl (C=O) groups is 1. The maximum absolute atomic E-state index is 12.4. The highest BCUT2D eigenvalue weighted by Gasteiger charge is 2.39. The van der Waals surface area contributed by atoms with Gasteiger partial charge in [-0.25, -0.2) is 8.42 Å². The third-order valence-electron chi connectivity index (χ3n) is 2.72. The van der Waals surface area contributed by atoms with Crippen LogP contribution < -0.4 is 5.73 Å². The third kappa shape index (κ3) is 2.44. The number of amides is 1. The highest BCUT2D eigenvalue weighted by Crippen LogP contribution is 2.37. The number of nitrogens with two attached hydrogens (primary N) is 1. The Labute approximate surface area is 122 Å².